The van der Waals surface area contributed by atoms with E-state index in [0.717, 1.165) is 29.1 Å². The molecule has 0 saturated carbocycles. The van der Waals surface area contributed by atoms with Gasteiger partial charge in [0.1, 0.15) is 11.5 Å². The molecule has 2 unspecified atom stereocenters. The molecule has 0 saturated heterocycles. The van der Waals surface area contributed by atoms with Crippen LogP contribution in [0.25, 0.3) is 0 Å². The van der Waals surface area contributed by atoms with Gasteiger partial charge in [0.2, 0.25) is 0 Å². The first-order valence-corrected chi connectivity index (χ1v) is 7.24. The normalized spacial score (nSPS) is 13.9. The molecule has 1 heterocycles. The second kappa shape index (κ2) is 7.29. The number of nitrogens with one attached hydrogen (secondary N) is 1. The molecule has 0 aliphatic carbocycles. The van der Waals surface area contributed by atoms with Crippen LogP contribution in [0.1, 0.15) is 36.3 Å². The number of rotatable bonds is 7. The lowest BCUT2D eigenvalue weighted by molar-refractivity contribution is 0.124. The molecule has 0 fully saturated rings. The number of benzene rings is 1. The van der Waals surface area contributed by atoms with Gasteiger partial charge in [-0.15, -0.1) is 0 Å². The van der Waals surface area contributed by atoms with E-state index in [0.29, 0.717) is 6.54 Å². The summed E-state index contributed by atoms with van der Waals surface area (Å²) in [4.78, 5) is 0. The Hall–Kier alpha value is -1.78. The highest BCUT2D eigenvalue weighted by molar-refractivity contribution is 5.37. The van der Waals surface area contributed by atoms with Crippen molar-refractivity contribution in [2.75, 3.05) is 7.11 Å². The third-order valence-electron chi connectivity index (χ3n) is 3.70. The van der Waals surface area contributed by atoms with Gasteiger partial charge in [-0.1, -0.05) is 13.0 Å². The van der Waals surface area contributed by atoms with E-state index in [9.17, 15) is 5.11 Å². The first kappa shape index (κ1) is 15.6. The standard InChI is InChI=1S/C17H23NO3/c1-4-15(18-11-14-6-5-9-21-14)17(19)13-7-8-16(20-3)12(2)10-13/h5-10,15,17-19H,4,11H2,1-3H3. The molecule has 0 bridgehead atoms. The van der Waals surface area contributed by atoms with E-state index in [1.807, 2.05) is 37.3 Å². The van der Waals surface area contributed by atoms with Crippen LogP contribution in [-0.2, 0) is 6.54 Å². The molecule has 0 aliphatic rings. The van der Waals surface area contributed by atoms with E-state index >= 15 is 0 Å². The van der Waals surface area contributed by atoms with E-state index in [1.54, 1.807) is 13.4 Å². The fourth-order valence-corrected chi connectivity index (χ4v) is 2.44. The van der Waals surface area contributed by atoms with Crippen molar-refractivity contribution >= 4 is 0 Å². The van der Waals surface area contributed by atoms with Crippen molar-refractivity contribution in [3.63, 3.8) is 0 Å². The molecule has 2 aromatic rings. The predicted molar refractivity (Wildman–Crippen MR) is 82.3 cm³/mol. The van der Waals surface area contributed by atoms with Crippen molar-refractivity contribution in [1.29, 1.82) is 0 Å². The van der Waals surface area contributed by atoms with Crippen molar-refractivity contribution in [2.24, 2.45) is 0 Å². The van der Waals surface area contributed by atoms with Crippen LogP contribution < -0.4 is 10.1 Å². The molecule has 0 radical (unpaired) electrons. The fraction of sp³-hybridized carbons (Fsp3) is 0.412. The van der Waals surface area contributed by atoms with Crippen LogP contribution >= 0.6 is 0 Å². The Labute approximate surface area is 125 Å². The zero-order valence-corrected chi connectivity index (χ0v) is 12.8. The van der Waals surface area contributed by atoms with Crippen LogP contribution in [0.4, 0.5) is 0 Å². The summed E-state index contributed by atoms with van der Waals surface area (Å²) in [5, 5.41) is 13.9. The van der Waals surface area contributed by atoms with Crippen LogP contribution in [-0.4, -0.2) is 18.3 Å². The molecule has 2 N–H and O–H groups in total. The fourth-order valence-electron chi connectivity index (χ4n) is 2.44. The highest BCUT2D eigenvalue weighted by Crippen LogP contribution is 2.25. The second-order valence-corrected chi connectivity index (χ2v) is 5.15. The first-order valence-electron chi connectivity index (χ1n) is 7.24. The summed E-state index contributed by atoms with van der Waals surface area (Å²) < 4.78 is 10.6. The second-order valence-electron chi connectivity index (χ2n) is 5.15. The highest BCUT2D eigenvalue weighted by Gasteiger charge is 2.19. The van der Waals surface area contributed by atoms with Gasteiger partial charge < -0.3 is 19.6 Å². The van der Waals surface area contributed by atoms with Gasteiger partial charge in [-0.3, -0.25) is 0 Å². The maximum atomic E-state index is 10.6. The third-order valence-corrected chi connectivity index (χ3v) is 3.70. The van der Waals surface area contributed by atoms with E-state index in [-0.39, 0.29) is 6.04 Å². The lowest BCUT2D eigenvalue weighted by Gasteiger charge is -2.23. The summed E-state index contributed by atoms with van der Waals surface area (Å²) in [6.07, 6.45) is 1.92. The Balaban J connectivity index is 2.04. The SMILES string of the molecule is CCC(NCc1ccco1)C(O)c1ccc(OC)c(C)c1. The highest BCUT2D eigenvalue weighted by atomic mass is 16.5. The summed E-state index contributed by atoms with van der Waals surface area (Å²) in [5.74, 6) is 1.70. The molecule has 2 atom stereocenters. The quantitative estimate of drug-likeness (QED) is 0.822. The molecule has 2 rings (SSSR count). The average Bonchev–Trinajstić information content (AvgIpc) is 3.01. The minimum Gasteiger partial charge on any atom is -0.496 e. The van der Waals surface area contributed by atoms with Crippen molar-refractivity contribution in [3.8, 4) is 5.75 Å². The Morgan fingerprint density at radius 2 is 2.14 bits per heavy atom. The first-order chi connectivity index (χ1) is 10.2. The van der Waals surface area contributed by atoms with Crippen molar-refractivity contribution in [1.82, 2.24) is 5.32 Å². The van der Waals surface area contributed by atoms with Gasteiger partial charge >= 0.3 is 0 Å². The van der Waals surface area contributed by atoms with Crippen molar-refractivity contribution in [3.05, 3.63) is 53.5 Å². The number of methoxy groups -OCH3 is 1. The Morgan fingerprint density at radius 3 is 2.71 bits per heavy atom. The minimum absolute atomic E-state index is 0.0251. The van der Waals surface area contributed by atoms with E-state index in [4.69, 9.17) is 9.15 Å². The molecule has 21 heavy (non-hydrogen) atoms. The number of furan rings is 1. The topological polar surface area (TPSA) is 54.6 Å². The van der Waals surface area contributed by atoms with Crippen molar-refractivity contribution < 1.29 is 14.3 Å². The Kier molecular flexibility index (Phi) is 5.42. The smallest absolute Gasteiger partial charge is 0.121 e. The van der Waals surface area contributed by atoms with E-state index < -0.39 is 6.10 Å². The van der Waals surface area contributed by atoms with Crippen LogP contribution in [0.3, 0.4) is 0 Å². The Bertz CT molecular complexity index is 551. The van der Waals surface area contributed by atoms with E-state index in [1.165, 1.54) is 0 Å². The van der Waals surface area contributed by atoms with Gasteiger partial charge in [-0.2, -0.15) is 0 Å². The molecule has 0 aliphatic heterocycles. The van der Waals surface area contributed by atoms with Gasteiger partial charge in [0.05, 0.1) is 26.0 Å². The molecule has 4 heteroatoms. The molecular weight excluding hydrogens is 266 g/mol. The number of hydrogen-bond donors (Lipinski definition) is 2. The number of aliphatic hydroxyl groups is 1. The lowest BCUT2D eigenvalue weighted by atomic mass is 9.98. The van der Waals surface area contributed by atoms with Gasteiger partial charge in [-0.25, -0.2) is 0 Å². The molecule has 1 aromatic carbocycles. The molecular formula is C17H23NO3. The molecule has 0 amide bonds. The number of hydrogen-bond acceptors (Lipinski definition) is 4. The Morgan fingerprint density at radius 1 is 1.33 bits per heavy atom. The number of aryl methyl sites for hydroxylation is 1. The van der Waals surface area contributed by atoms with Gasteiger partial charge in [-0.05, 0) is 48.7 Å². The molecule has 1 aromatic heterocycles. The molecule has 114 valence electrons. The summed E-state index contributed by atoms with van der Waals surface area (Å²) >= 11 is 0. The van der Waals surface area contributed by atoms with Crippen LogP contribution in [0.2, 0.25) is 0 Å². The number of ether oxygens (including phenoxy) is 1. The monoisotopic (exact) mass is 289 g/mol. The predicted octanol–water partition coefficient (Wildman–Crippen LogP) is 3.20. The molecule has 4 nitrogen and oxygen atoms in total. The lowest BCUT2D eigenvalue weighted by Crippen LogP contribution is -2.34. The van der Waals surface area contributed by atoms with Crippen LogP contribution in [0.15, 0.2) is 41.0 Å². The number of aliphatic hydroxyl groups excluding tert-OH is 1. The van der Waals surface area contributed by atoms with Crippen LogP contribution in [0, 0.1) is 6.92 Å². The summed E-state index contributed by atoms with van der Waals surface area (Å²) in [6.45, 7) is 4.64. The molecule has 0 spiro atoms. The van der Waals surface area contributed by atoms with Crippen molar-refractivity contribution in [2.45, 2.75) is 39.0 Å². The zero-order chi connectivity index (χ0) is 15.2. The maximum Gasteiger partial charge on any atom is 0.121 e. The van der Waals surface area contributed by atoms with Gasteiger partial charge in [0.15, 0.2) is 0 Å². The summed E-state index contributed by atoms with van der Waals surface area (Å²) in [6, 6.07) is 9.54. The zero-order valence-electron chi connectivity index (χ0n) is 12.8. The van der Waals surface area contributed by atoms with E-state index in [2.05, 4.69) is 12.2 Å². The maximum absolute atomic E-state index is 10.6. The van der Waals surface area contributed by atoms with Crippen LogP contribution in [0.5, 0.6) is 5.75 Å². The minimum atomic E-state index is -0.561. The largest absolute Gasteiger partial charge is 0.496 e. The summed E-state index contributed by atoms with van der Waals surface area (Å²) in [5.41, 5.74) is 1.92. The third kappa shape index (κ3) is 3.86. The average molecular weight is 289 g/mol. The summed E-state index contributed by atoms with van der Waals surface area (Å²) in [7, 11) is 1.65. The van der Waals surface area contributed by atoms with Gasteiger partial charge in [0.25, 0.3) is 0 Å². The van der Waals surface area contributed by atoms with Gasteiger partial charge in [0, 0.05) is 6.04 Å².